The normalized spacial score (nSPS) is 17.8. The van der Waals surface area contributed by atoms with Gasteiger partial charge < -0.3 is 15.0 Å². The molecule has 5 rings (SSSR count). The first-order valence-corrected chi connectivity index (χ1v) is 12.4. The summed E-state index contributed by atoms with van der Waals surface area (Å²) < 4.78 is 33.8. The second-order valence-electron chi connectivity index (χ2n) is 8.11. The van der Waals surface area contributed by atoms with Crippen LogP contribution in [0.2, 0.25) is 0 Å². The number of carbonyl (C=O) groups excluding carboxylic acids is 2. The average Bonchev–Trinajstić information content (AvgIpc) is 3.30. The highest BCUT2D eigenvalue weighted by atomic mass is 32.2. The number of hydrogen-bond acceptors (Lipinski definition) is 5. The van der Waals surface area contributed by atoms with Crippen LogP contribution in [0.25, 0.3) is 0 Å². The second kappa shape index (κ2) is 8.83. The van der Waals surface area contributed by atoms with Crippen LogP contribution >= 0.6 is 0 Å². The fourth-order valence-corrected chi connectivity index (χ4v) is 5.65. The first-order valence-electron chi connectivity index (χ1n) is 11.0. The number of nitrogens with one attached hydrogen (secondary N) is 1. The van der Waals surface area contributed by atoms with Gasteiger partial charge in [-0.25, -0.2) is 8.42 Å². The summed E-state index contributed by atoms with van der Waals surface area (Å²) in [7, 11) is -3.90. The number of rotatable bonds is 5. The van der Waals surface area contributed by atoms with Gasteiger partial charge in [0.1, 0.15) is 5.75 Å². The molecule has 0 unspecified atom stereocenters. The number of para-hydroxylation sites is 2. The molecule has 1 saturated heterocycles. The zero-order chi connectivity index (χ0) is 23.7. The molecule has 0 aromatic heterocycles. The Labute approximate surface area is 197 Å². The molecule has 2 heterocycles. The number of fused-ring (bicyclic) bond motifs is 1. The van der Waals surface area contributed by atoms with Crippen LogP contribution in [0.1, 0.15) is 12.8 Å². The van der Waals surface area contributed by atoms with E-state index in [1.165, 1.54) is 16.4 Å². The molecule has 0 radical (unpaired) electrons. The van der Waals surface area contributed by atoms with Gasteiger partial charge in [-0.2, -0.15) is 0 Å². The molecule has 0 bridgehead atoms. The molecule has 1 N–H and O–H groups in total. The Hall–Kier alpha value is -3.85. The number of hydrogen-bond donors (Lipinski definition) is 1. The third-order valence-electron chi connectivity index (χ3n) is 5.88. The predicted octanol–water partition coefficient (Wildman–Crippen LogP) is 3.41. The van der Waals surface area contributed by atoms with E-state index >= 15 is 0 Å². The lowest BCUT2D eigenvalue weighted by Crippen LogP contribution is -2.48. The van der Waals surface area contributed by atoms with Crippen molar-refractivity contribution in [3.63, 3.8) is 0 Å². The van der Waals surface area contributed by atoms with Crippen molar-refractivity contribution >= 4 is 38.9 Å². The summed E-state index contributed by atoms with van der Waals surface area (Å²) in [6.07, 6.45) is 0.329. The molecule has 2 aliphatic heterocycles. The highest BCUT2D eigenvalue weighted by Crippen LogP contribution is 2.37. The van der Waals surface area contributed by atoms with Crippen LogP contribution in [0.5, 0.6) is 5.75 Å². The fraction of sp³-hybridized carbons (Fsp3) is 0.200. The third kappa shape index (κ3) is 4.10. The molecule has 2 amide bonds. The number of ether oxygens (including phenoxy) is 1. The third-order valence-corrected chi connectivity index (χ3v) is 7.67. The summed E-state index contributed by atoms with van der Waals surface area (Å²) in [5, 5.41) is 2.79. The topological polar surface area (TPSA) is 96.0 Å². The first kappa shape index (κ1) is 22.0. The number of sulfonamides is 1. The molecule has 174 valence electrons. The van der Waals surface area contributed by atoms with Crippen LogP contribution < -0.4 is 19.3 Å². The van der Waals surface area contributed by atoms with Crippen molar-refractivity contribution in [3.8, 4) is 5.75 Å². The molecule has 0 saturated carbocycles. The Morgan fingerprint density at radius 2 is 1.65 bits per heavy atom. The first-order chi connectivity index (χ1) is 16.4. The van der Waals surface area contributed by atoms with E-state index in [9.17, 15) is 18.0 Å². The lowest BCUT2D eigenvalue weighted by atomic mass is 10.2. The van der Waals surface area contributed by atoms with Crippen molar-refractivity contribution in [1.29, 1.82) is 0 Å². The van der Waals surface area contributed by atoms with Crippen LogP contribution in [0.4, 0.5) is 17.1 Å². The van der Waals surface area contributed by atoms with Crippen LogP contribution in [-0.2, 0) is 19.6 Å². The second-order valence-corrected chi connectivity index (χ2v) is 9.97. The van der Waals surface area contributed by atoms with Crippen LogP contribution in [0.15, 0.2) is 83.8 Å². The number of anilines is 3. The summed E-state index contributed by atoms with van der Waals surface area (Å²) >= 11 is 0. The molecular weight excluding hydrogens is 454 g/mol. The van der Waals surface area contributed by atoms with Crippen LogP contribution in [-0.4, -0.2) is 39.4 Å². The summed E-state index contributed by atoms with van der Waals surface area (Å²) in [5.74, 6) is -0.0603. The van der Waals surface area contributed by atoms with Crippen molar-refractivity contribution < 1.29 is 22.7 Å². The Bertz CT molecular complexity index is 1330. The van der Waals surface area contributed by atoms with E-state index in [4.69, 9.17) is 4.74 Å². The number of amides is 2. The molecule has 3 aromatic rings. The molecule has 34 heavy (non-hydrogen) atoms. The largest absolute Gasteiger partial charge is 0.476 e. The van der Waals surface area contributed by atoms with Gasteiger partial charge >= 0.3 is 0 Å². The Morgan fingerprint density at radius 3 is 2.35 bits per heavy atom. The van der Waals surface area contributed by atoms with Crippen molar-refractivity contribution in [3.05, 3.63) is 78.9 Å². The summed E-state index contributed by atoms with van der Waals surface area (Å²) in [6, 6.07) is 21.8. The minimum Gasteiger partial charge on any atom is -0.476 e. The molecule has 0 aliphatic carbocycles. The number of nitrogens with zero attached hydrogens (tertiary/aromatic N) is 2. The lowest BCUT2D eigenvalue weighted by Gasteiger charge is -2.34. The summed E-state index contributed by atoms with van der Waals surface area (Å²) in [4.78, 5) is 26.9. The summed E-state index contributed by atoms with van der Waals surface area (Å²) in [6.45, 7) is 0.520. The quantitative estimate of drug-likeness (QED) is 0.608. The highest BCUT2D eigenvalue weighted by molar-refractivity contribution is 7.92. The van der Waals surface area contributed by atoms with Crippen LogP contribution in [0.3, 0.4) is 0 Å². The van der Waals surface area contributed by atoms with Gasteiger partial charge in [0, 0.05) is 24.3 Å². The van der Waals surface area contributed by atoms with E-state index in [0.717, 1.165) is 12.1 Å². The molecule has 3 aromatic carbocycles. The minimum atomic E-state index is -3.90. The van der Waals surface area contributed by atoms with E-state index in [-0.39, 0.29) is 17.3 Å². The van der Waals surface area contributed by atoms with E-state index in [2.05, 4.69) is 5.32 Å². The van der Waals surface area contributed by atoms with Crippen molar-refractivity contribution in [1.82, 2.24) is 0 Å². The van der Waals surface area contributed by atoms with Gasteiger partial charge in [0.15, 0.2) is 6.10 Å². The number of benzene rings is 3. The molecule has 8 nitrogen and oxygen atoms in total. The molecular formula is C25H23N3O5S. The zero-order valence-corrected chi connectivity index (χ0v) is 19.1. The molecule has 1 atom stereocenters. The monoisotopic (exact) mass is 477 g/mol. The maximum absolute atomic E-state index is 13.4. The maximum atomic E-state index is 13.4. The summed E-state index contributed by atoms with van der Waals surface area (Å²) in [5.41, 5.74) is 1.69. The standard InChI is InChI=1S/C25H23N3O5S/c29-24-11-6-16-27(24)19-14-12-18(13-15-19)26-25(30)23-17-28(21-9-4-5-10-22(21)33-23)34(31,32)20-7-2-1-3-8-20/h1-5,7-10,12-15,23H,6,11,16-17H2,(H,26,30)/t23-/m1/s1. The lowest BCUT2D eigenvalue weighted by molar-refractivity contribution is -0.122. The van der Waals surface area contributed by atoms with Gasteiger partial charge in [-0.3, -0.25) is 13.9 Å². The van der Waals surface area contributed by atoms with Gasteiger partial charge in [-0.05, 0) is 55.0 Å². The van der Waals surface area contributed by atoms with Gasteiger partial charge in [-0.15, -0.1) is 0 Å². The molecule has 0 spiro atoms. The average molecular weight is 478 g/mol. The zero-order valence-electron chi connectivity index (χ0n) is 18.3. The van der Waals surface area contributed by atoms with E-state index in [1.807, 2.05) is 0 Å². The van der Waals surface area contributed by atoms with E-state index in [1.54, 1.807) is 71.6 Å². The molecule has 1 fully saturated rings. The van der Waals surface area contributed by atoms with Crippen molar-refractivity contribution in [2.24, 2.45) is 0 Å². The maximum Gasteiger partial charge on any atom is 0.267 e. The van der Waals surface area contributed by atoms with Crippen molar-refractivity contribution in [2.75, 3.05) is 27.6 Å². The SMILES string of the molecule is O=C(Nc1ccc(N2CCCC2=O)cc1)[C@H]1CN(S(=O)(=O)c2ccccc2)c2ccccc2O1. The van der Waals surface area contributed by atoms with Crippen LogP contribution in [0, 0.1) is 0 Å². The van der Waals surface area contributed by atoms with Gasteiger partial charge in [-0.1, -0.05) is 30.3 Å². The van der Waals surface area contributed by atoms with E-state index < -0.39 is 22.0 Å². The Kier molecular flexibility index (Phi) is 5.70. The molecule has 2 aliphatic rings. The highest BCUT2D eigenvalue weighted by Gasteiger charge is 2.37. The predicted molar refractivity (Wildman–Crippen MR) is 128 cm³/mol. The Morgan fingerprint density at radius 1 is 0.941 bits per heavy atom. The van der Waals surface area contributed by atoms with Gasteiger partial charge in [0.25, 0.3) is 15.9 Å². The molecule has 9 heteroatoms. The minimum absolute atomic E-state index is 0.0887. The number of carbonyl (C=O) groups is 2. The van der Waals surface area contributed by atoms with Crippen molar-refractivity contribution in [2.45, 2.75) is 23.8 Å². The Balaban J connectivity index is 1.37. The smallest absolute Gasteiger partial charge is 0.267 e. The van der Waals surface area contributed by atoms with Gasteiger partial charge in [0.05, 0.1) is 17.1 Å². The fourth-order valence-electron chi connectivity index (χ4n) is 4.15. The van der Waals surface area contributed by atoms with E-state index in [0.29, 0.717) is 30.1 Å². The van der Waals surface area contributed by atoms with Gasteiger partial charge in [0.2, 0.25) is 5.91 Å².